The number of aryl methyl sites for hydroxylation is 1. The second-order valence-corrected chi connectivity index (χ2v) is 6.41. The molecule has 0 aliphatic carbocycles. The van der Waals surface area contributed by atoms with Crippen LogP contribution in [0.15, 0.2) is 6.07 Å². The van der Waals surface area contributed by atoms with Crippen LogP contribution >= 0.6 is 23.2 Å². The Hall–Kier alpha value is -0.840. The lowest BCUT2D eigenvalue weighted by Crippen LogP contribution is -2.45. The zero-order valence-corrected chi connectivity index (χ0v) is 13.9. The van der Waals surface area contributed by atoms with E-state index in [1.165, 1.54) is 0 Å². The minimum atomic E-state index is -0.310. The predicted molar refractivity (Wildman–Crippen MR) is 87.1 cm³/mol. The van der Waals surface area contributed by atoms with Crippen molar-refractivity contribution in [1.82, 2.24) is 10.3 Å². The quantitative estimate of drug-likeness (QED) is 0.826. The Morgan fingerprint density at radius 2 is 2.10 bits per heavy atom. The normalized spacial score (nSPS) is 17.5. The number of aromatic nitrogens is 1. The third-order valence-corrected chi connectivity index (χ3v) is 4.62. The number of halogens is 2. The van der Waals surface area contributed by atoms with Crippen molar-refractivity contribution < 1.29 is 4.79 Å². The summed E-state index contributed by atoms with van der Waals surface area (Å²) in [7, 11) is 0. The highest BCUT2D eigenvalue weighted by Crippen LogP contribution is 2.36. The Morgan fingerprint density at radius 1 is 1.43 bits per heavy atom. The number of pyridine rings is 1. The van der Waals surface area contributed by atoms with Gasteiger partial charge in [-0.1, -0.05) is 36.5 Å². The predicted octanol–water partition coefficient (Wildman–Crippen LogP) is 3.81. The van der Waals surface area contributed by atoms with E-state index in [-0.39, 0.29) is 16.5 Å². The van der Waals surface area contributed by atoms with Crippen molar-refractivity contribution in [2.75, 3.05) is 18.4 Å². The van der Waals surface area contributed by atoms with E-state index in [0.29, 0.717) is 10.8 Å². The molecular formula is C15H21Cl2N3O. The molecule has 1 aliphatic rings. The van der Waals surface area contributed by atoms with Gasteiger partial charge in [0.1, 0.15) is 5.15 Å². The maximum absolute atomic E-state index is 12.8. The van der Waals surface area contributed by atoms with Crippen LogP contribution in [0.2, 0.25) is 10.3 Å². The average molecular weight is 330 g/mol. The van der Waals surface area contributed by atoms with E-state index >= 15 is 0 Å². The molecule has 2 heterocycles. The molecule has 0 unspecified atom stereocenters. The summed E-state index contributed by atoms with van der Waals surface area (Å²) in [6.45, 7) is 5.72. The van der Waals surface area contributed by atoms with Crippen molar-refractivity contribution in [3.63, 3.8) is 0 Å². The van der Waals surface area contributed by atoms with Crippen LogP contribution in [0.1, 0.15) is 38.2 Å². The monoisotopic (exact) mass is 329 g/mol. The first-order chi connectivity index (χ1) is 9.98. The Kier molecular flexibility index (Phi) is 5.47. The summed E-state index contributed by atoms with van der Waals surface area (Å²) in [6.07, 6.45) is 3.58. The van der Waals surface area contributed by atoms with Crippen LogP contribution in [0, 0.1) is 12.3 Å². The van der Waals surface area contributed by atoms with Gasteiger partial charge in [0.25, 0.3) is 0 Å². The van der Waals surface area contributed by atoms with E-state index in [1.807, 2.05) is 6.92 Å². The van der Waals surface area contributed by atoms with Gasteiger partial charge >= 0.3 is 0 Å². The molecule has 2 rings (SSSR count). The number of nitrogens with zero attached hydrogens (tertiary/aromatic N) is 1. The zero-order chi connectivity index (χ0) is 15.5. The molecule has 1 fully saturated rings. The molecule has 1 saturated heterocycles. The second-order valence-electron chi connectivity index (χ2n) is 5.66. The van der Waals surface area contributed by atoms with Crippen molar-refractivity contribution in [2.45, 2.75) is 39.5 Å². The topological polar surface area (TPSA) is 54.0 Å². The molecule has 0 radical (unpaired) electrons. The number of anilines is 1. The first-order valence-electron chi connectivity index (χ1n) is 7.33. The van der Waals surface area contributed by atoms with Crippen LogP contribution in [0.3, 0.4) is 0 Å². The number of hydrogen-bond acceptors (Lipinski definition) is 3. The third-order valence-electron chi connectivity index (χ3n) is 4.15. The number of carbonyl (C=O) groups is 1. The van der Waals surface area contributed by atoms with Gasteiger partial charge in [-0.05, 0) is 50.9 Å². The molecule has 1 aromatic rings. The fourth-order valence-corrected chi connectivity index (χ4v) is 3.55. The standard InChI is InChI=1S/C15H21Cl2N3O/c1-3-4-15(5-7-18-8-6-15)14(21)20-12-10(2)9-11(16)19-13(12)17/h9,18H,3-8H2,1-2H3,(H,20,21). The maximum Gasteiger partial charge on any atom is 0.230 e. The van der Waals surface area contributed by atoms with E-state index < -0.39 is 0 Å². The lowest BCUT2D eigenvalue weighted by molar-refractivity contribution is -0.127. The van der Waals surface area contributed by atoms with Crippen LogP contribution in [0.4, 0.5) is 5.69 Å². The number of amides is 1. The molecule has 0 saturated carbocycles. The number of carbonyl (C=O) groups excluding carboxylic acids is 1. The molecular weight excluding hydrogens is 309 g/mol. The average Bonchev–Trinajstić information content (AvgIpc) is 2.44. The van der Waals surface area contributed by atoms with E-state index in [2.05, 4.69) is 22.5 Å². The zero-order valence-electron chi connectivity index (χ0n) is 12.4. The van der Waals surface area contributed by atoms with Crippen LogP contribution < -0.4 is 10.6 Å². The molecule has 6 heteroatoms. The van der Waals surface area contributed by atoms with Crippen LogP contribution in [-0.2, 0) is 4.79 Å². The van der Waals surface area contributed by atoms with Crippen molar-refractivity contribution in [2.24, 2.45) is 5.41 Å². The molecule has 1 aliphatic heterocycles. The fraction of sp³-hybridized carbons (Fsp3) is 0.600. The lowest BCUT2D eigenvalue weighted by atomic mass is 9.74. The van der Waals surface area contributed by atoms with Crippen LogP contribution in [0.25, 0.3) is 0 Å². The molecule has 0 atom stereocenters. The Bertz CT molecular complexity index is 499. The molecule has 1 amide bonds. The third kappa shape index (κ3) is 3.68. The number of piperidine rings is 1. The summed E-state index contributed by atoms with van der Waals surface area (Å²) in [5, 5.41) is 6.87. The lowest BCUT2D eigenvalue weighted by Gasteiger charge is -2.36. The van der Waals surface area contributed by atoms with E-state index in [0.717, 1.165) is 44.3 Å². The summed E-state index contributed by atoms with van der Waals surface area (Å²) < 4.78 is 0. The summed E-state index contributed by atoms with van der Waals surface area (Å²) in [5.41, 5.74) is 1.09. The van der Waals surface area contributed by atoms with Gasteiger partial charge in [0.15, 0.2) is 5.15 Å². The van der Waals surface area contributed by atoms with Crippen molar-refractivity contribution in [3.05, 3.63) is 21.9 Å². The molecule has 0 bridgehead atoms. The van der Waals surface area contributed by atoms with Crippen molar-refractivity contribution in [1.29, 1.82) is 0 Å². The van der Waals surface area contributed by atoms with Crippen molar-refractivity contribution >= 4 is 34.8 Å². The maximum atomic E-state index is 12.8. The van der Waals surface area contributed by atoms with Gasteiger partial charge in [-0.15, -0.1) is 0 Å². The first-order valence-corrected chi connectivity index (χ1v) is 8.09. The highest BCUT2D eigenvalue weighted by Gasteiger charge is 2.38. The van der Waals surface area contributed by atoms with E-state index in [4.69, 9.17) is 23.2 Å². The second kappa shape index (κ2) is 6.95. The molecule has 21 heavy (non-hydrogen) atoms. The van der Waals surface area contributed by atoms with Gasteiger partial charge in [0.2, 0.25) is 5.91 Å². The number of nitrogens with one attached hydrogen (secondary N) is 2. The molecule has 0 aromatic carbocycles. The smallest absolute Gasteiger partial charge is 0.230 e. The van der Waals surface area contributed by atoms with Gasteiger partial charge < -0.3 is 10.6 Å². The van der Waals surface area contributed by atoms with Crippen LogP contribution in [-0.4, -0.2) is 24.0 Å². The molecule has 116 valence electrons. The summed E-state index contributed by atoms with van der Waals surface area (Å²) in [6, 6.07) is 1.71. The highest BCUT2D eigenvalue weighted by atomic mass is 35.5. The van der Waals surface area contributed by atoms with E-state index in [1.54, 1.807) is 6.07 Å². The summed E-state index contributed by atoms with van der Waals surface area (Å²) in [4.78, 5) is 16.8. The largest absolute Gasteiger partial charge is 0.323 e. The molecule has 0 spiro atoms. The molecule has 4 nitrogen and oxygen atoms in total. The van der Waals surface area contributed by atoms with E-state index in [9.17, 15) is 4.79 Å². The SMILES string of the molecule is CCCC1(C(=O)Nc2c(C)cc(Cl)nc2Cl)CCNCC1. The summed E-state index contributed by atoms with van der Waals surface area (Å²) in [5.74, 6) is 0.0416. The first kappa shape index (κ1) is 16.5. The molecule has 1 aromatic heterocycles. The Labute approximate surface area is 135 Å². The van der Waals surface area contributed by atoms with Gasteiger partial charge in [-0.3, -0.25) is 4.79 Å². The fourth-order valence-electron chi connectivity index (χ4n) is 2.97. The van der Waals surface area contributed by atoms with Crippen LogP contribution in [0.5, 0.6) is 0 Å². The Morgan fingerprint density at radius 3 is 2.67 bits per heavy atom. The number of rotatable bonds is 4. The van der Waals surface area contributed by atoms with Gasteiger partial charge in [-0.25, -0.2) is 4.98 Å². The minimum Gasteiger partial charge on any atom is -0.323 e. The van der Waals surface area contributed by atoms with Gasteiger partial charge in [-0.2, -0.15) is 0 Å². The van der Waals surface area contributed by atoms with Gasteiger partial charge in [0.05, 0.1) is 11.1 Å². The molecule has 2 N–H and O–H groups in total. The summed E-state index contributed by atoms with van der Waals surface area (Å²) >= 11 is 12.0. The van der Waals surface area contributed by atoms with Gasteiger partial charge in [0, 0.05) is 0 Å². The highest BCUT2D eigenvalue weighted by molar-refractivity contribution is 6.34. The Balaban J connectivity index is 2.23. The number of hydrogen-bond donors (Lipinski definition) is 2. The van der Waals surface area contributed by atoms with Crippen molar-refractivity contribution in [3.8, 4) is 0 Å². The minimum absolute atomic E-state index is 0.0416.